The monoisotopic (exact) mass is 230 g/mol. The summed E-state index contributed by atoms with van der Waals surface area (Å²) >= 11 is 0. The van der Waals surface area contributed by atoms with Gasteiger partial charge in [0.05, 0.1) is 21.4 Å². The highest BCUT2D eigenvalue weighted by Crippen LogP contribution is 2.25. The highest BCUT2D eigenvalue weighted by Gasteiger charge is 2.16. The van der Waals surface area contributed by atoms with E-state index in [0.717, 1.165) is 0 Å². The van der Waals surface area contributed by atoms with Gasteiger partial charge in [-0.25, -0.2) is 0 Å². The van der Waals surface area contributed by atoms with Gasteiger partial charge in [-0.3, -0.25) is 24.7 Å². The summed E-state index contributed by atoms with van der Waals surface area (Å²) in [5.74, 6) is -0.747. The number of pyridine rings is 1. The van der Waals surface area contributed by atoms with Crippen LogP contribution in [0.25, 0.3) is 10.9 Å². The van der Waals surface area contributed by atoms with E-state index in [1.54, 1.807) is 0 Å². The predicted molar refractivity (Wildman–Crippen MR) is 58.8 cm³/mol. The zero-order valence-electron chi connectivity index (χ0n) is 8.49. The number of rotatable bonds is 3. The highest BCUT2D eigenvalue weighted by atomic mass is 16.6. The van der Waals surface area contributed by atoms with Gasteiger partial charge in [-0.15, -0.1) is 0 Å². The number of ketones is 1. The van der Waals surface area contributed by atoms with Crippen molar-refractivity contribution < 1.29 is 14.5 Å². The maximum Gasteiger partial charge on any atom is 0.280 e. The molecule has 6 heteroatoms. The van der Waals surface area contributed by atoms with Crippen LogP contribution < -0.4 is 0 Å². The lowest BCUT2D eigenvalue weighted by molar-refractivity contribution is -0.383. The maximum absolute atomic E-state index is 11.3. The number of hydrogen-bond acceptors (Lipinski definition) is 5. The Bertz CT molecular complexity index is 636. The van der Waals surface area contributed by atoms with Crippen molar-refractivity contribution in [3.8, 4) is 0 Å². The molecule has 1 heterocycles. The molecule has 1 aromatic heterocycles. The number of aromatic nitrogens is 1. The van der Waals surface area contributed by atoms with E-state index in [1.165, 1.54) is 30.5 Å². The molecule has 0 N–H and O–H groups in total. The van der Waals surface area contributed by atoms with Crippen molar-refractivity contribution in [3.63, 3.8) is 0 Å². The van der Waals surface area contributed by atoms with Gasteiger partial charge in [0.25, 0.3) is 5.69 Å². The lowest BCUT2D eigenvalue weighted by Gasteiger charge is -2.01. The van der Waals surface area contributed by atoms with Crippen molar-refractivity contribution in [1.29, 1.82) is 0 Å². The lowest BCUT2D eigenvalue weighted by atomic mass is 10.1. The Morgan fingerprint density at radius 3 is 2.76 bits per heavy atom. The van der Waals surface area contributed by atoms with Crippen LogP contribution in [-0.4, -0.2) is 22.0 Å². The van der Waals surface area contributed by atoms with Gasteiger partial charge in [-0.2, -0.15) is 0 Å². The molecule has 0 unspecified atom stereocenters. The topological polar surface area (TPSA) is 90.2 Å². The second kappa shape index (κ2) is 4.09. The van der Waals surface area contributed by atoms with E-state index < -0.39 is 10.7 Å². The summed E-state index contributed by atoms with van der Waals surface area (Å²) < 4.78 is 0. The lowest BCUT2D eigenvalue weighted by Crippen LogP contribution is -2.02. The standard InChI is InChI=1S/C11H6N2O4/c14-6-10(15)8-3-1-2-7-9(13(16)17)4-5-12-11(7)8/h1-6H. The fraction of sp³-hybridized carbons (Fsp3) is 0. The van der Waals surface area contributed by atoms with Gasteiger partial charge in [0.2, 0.25) is 5.78 Å². The molecule has 0 bridgehead atoms. The largest absolute Gasteiger partial charge is 0.294 e. The maximum atomic E-state index is 11.3. The molecular formula is C11H6N2O4. The molecule has 84 valence electrons. The quantitative estimate of drug-likeness (QED) is 0.262. The van der Waals surface area contributed by atoms with Gasteiger partial charge in [0.1, 0.15) is 0 Å². The third kappa shape index (κ3) is 1.76. The smallest absolute Gasteiger partial charge is 0.280 e. The van der Waals surface area contributed by atoms with Crippen molar-refractivity contribution in [3.05, 3.63) is 46.1 Å². The van der Waals surface area contributed by atoms with Crippen LogP contribution in [0.4, 0.5) is 5.69 Å². The Balaban J connectivity index is 2.83. The average molecular weight is 230 g/mol. The molecule has 0 saturated carbocycles. The molecule has 17 heavy (non-hydrogen) atoms. The van der Waals surface area contributed by atoms with Crippen LogP contribution in [0.2, 0.25) is 0 Å². The molecule has 1 aromatic carbocycles. The third-order valence-corrected chi connectivity index (χ3v) is 2.32. The van der Waals surface area contributed by atoms with Crippen LogP contribution in [0, 0.1) is 10.1 Å². The third-order valence-electron chi connectivity index (χ3n) is 2.32. The molecule has 2 aromatic rings. The Morgan fingerprint density at radius 1 is 1.35 bits per heavy atom. The van der Waals surface area contributed by atoms with Crippen LogP contribution in [0.15, 0.2) is 30.5 Å². The van der Waals surface area contributed by atoms with E-state index in [2.05, 4.69) is 4.98 Å². The van der Waals surface area contributed by atoms with Gasteiger partial charge >= 0.3 is 0 Å². The van der Waals surface area contributed by atoms with Crippen LogP contribution in [0.3, 0.4) is 0 Å². The Labute approximate surface area is 95.0 Å². The molecule has 0 amide bonds. The summed E-state index contributed by atoms with van der Waals surface area (Å²) in [5.41, 5.74) is 0.0931. The van der Waals surface area contributed by atoms with Crippen molar-refractivity contribution in [2.75, 3.05) is 0 Å². The van der Waals surface area contributed by atoms with Gasteiger partial charge < -0.3 is 0 Å². The molecule has 0 aliphatic heterocycles. The fourth-order valence-electron chi connectivity index (χ4n) is 1.58. The molecule has 0 aliphatic carbocycles. The minimum absolute atomic E-state index is 0.0706. The molecule has 0 atom stereocenters. The fourth-order valence-corrected chi connectivity index (χ4v) is 1.58. The van der Waals surface area contributed by atoms with Gasteiger partial charge in [-0.1, -0.05) is 6.07 Å². The summed E-state index contributed by atoms with van der Waals surface area (Å²) in [7, 11) is 0. The first-order valence-electron chi connectivity index (χ1n) is 4.67. The Hall–Kier alpha value is -2.63. The summed E-state index contributed by atoms with van der Waals surface area (Å²) in [6.45, 7) is 0. The molecule has 0 aliphatic rings. The molecule has 0 saturated heterocycles. The number of aldehydes is 1. The Morgan fingerprint density at radius 2 is 2.12 bits per heavy atom. The number of nitro groups is 1. The zero-order chi connectivity index (χ0) is 12.4. The van der Waals surface area contributed by atoms with Crippen LogP contribution in [0.5, 0.6) is 0 Å². The number of fused-ring (bicyclic) bond motifs is 1. The highest BCUT2D eigenvalue weighted by molar-refractivity contribution is 6.36. The van der Waals surface area contributed by atoms with Gasteiger partial charge in [0, 0.05) is 12.3 Å². The molecule has 0 radical (unpaired) electrons. The first-order valence-corrected chi connectivity index (χ1v) is 4.67. The number of para-hydroxylation sites is 1. The van der Waals surface area contributed by atoms with Gasteiger partial charge in [-0.05, 0) is 12.1 Å². The van der Waals surface area contributed by atoms with Crippen LogP contribution in [-0.2, 0) is 4.79 Å². The minimum atomic E-state index is -0.747. The number of Topliss-reactive ketones (excluding diaryl/α,β-unsaturated/α-hetero) is 1. The van der Waals surface area contributed by atoms with E-state index in [1.807, 2.05) is 0 Å². The van der Waals surface area contributed by atoms with E-state index in [-0.39, 0.29) is 28.4 Å². The molecule has 0 spiro atoms. The molecule has 6 nitrogen and oxygen atoms in total. The summed E-state index contributed by atoms with van der Waals surface area (Å²) in [4.78, 5) is 35.9. The van der Waals surface area contributed by atoms with E-state index >= 15 is 0 Å². The second-order valence-corrected chi connectivity index (χ2v) is 3.27. The van der Waals surface area contributed by atoms with E-state index in [4.69, 9.17) is 0 Å². The summed E-state index contributed by atoms with van der Waals surface area (Å²) in [6.07, 6.45) is 1.40. The number of benzene rings is 1. The average Bonchev–Trinajstić information content (AvgIpc) is 2.36. The molecule has 2 rings (SSSR count). The SMILES string of the molecule is O=CC(=O)c1cccc2c([N+](=O)[O-])ccnc12. The second-order valence-electron chi connectivity index (χ2n) is 3.27. The number of hydrogen-bond donors (Lipinski definition) is 0. The predicted octanol–water partition coefficient (Wildman–Crippen LogP) is 1.52. The van der Waals surface area contributed by atoms with Crippen LogP contribution >= 0.6 is 0 Å². The first-order chi connectivity index (χ1) is 8.15. The molecule has 0 fully saturated rings. The van der Waals surface area contributed by atoms with Crippen molar-refractivity contribution >= 4 is 28.7 Å². The minimum Gasteiger partial charge on any atom is -0.294 e. The van der Waals surface area contributed by atoms with Crippen LogP contribution in [0.1, 0.15) is 10.4 Å². The number of nitrogens with zero attached hydrogens (tertiary/aromatic N) is 2. The van der Waals surface area contributed by atoms with E-state index in [0.29, 0.717) is 0 Å². The first kappa shape index (κ1) is 10.9. The Kier molecular flexibility index (Phi) is 2.61. The number of carbonyl (C=O) groups excluding carboxylic acids is 2. The zero-order valence-corrected chi connectivity index (χ0v) is 8.49. The van der Waals surface area contributed by atoms with Gasteiger partial charge in [0.15, 0.2) is 6.29 Å². The molecular weight excluding hydrogens is 224 g/mol. The van der Waals surface area contributed by atoms with E-state index in [9.17, 15) is 19.7 Å². The van der Waals surface area contributed by atoms with Crippen molar-refractivity contribution in [1.82, 2.24) is 4.98 Å². The van der Waals surface area contributed by atoms with Crippen molar-refractivity contribution in [2.45, 2.75) is 0 Å². The normalized spacial score (nSPS) is 10.1. The van der Waals surface area contributed by atoms with Crippen molar-refractivity contribution in [2.24, 2.45) is 0 Å². The number of carbonyl (C=O) groups is 2. The summed E-state index contributed by atoms with van der Waals surface area (Å²) in [5, 5.41) is 11.0. The summed E-state index contributed by atoms with van der Waals surface area (Å²) in [6, 6.07) is 5.63.